The molecule has 138 heavy (non-hydrogen) atoms. The zero-order chi connectivity index (χ0) is 102. The van der Waals surface area contributed by atoms with Crippen molar-refractivity contribution in [1.82, 2.24) is 46.1 Å². The lowest BCUT2D eigenvalue weighted by Crippen LogP contribution is -2.39. The maximum absolute atomic E-state index is 12.8. The zero-order valence-electron chi connectivity index (χ0n) is 86.5. The van der Waals surface area contributed by atoms with Crippen molar-refractivity contribution in [3.63, 3.8) is 0 Å². The standard InChI is InChI=1S/C52H94N6O10S.C49H89N3O8S.C3H5N3O2/c1-4-7-9-11-13-15-17-19-21-23-25-30-51(64)67-44-46(68-52(65)31-26-24-22-20-18-16-14-12-10-8-5-2)43-66-39-35-54-48(60)33-40-69-41-38-57(49(61)6-3)37-34-53-47(59)29-27-28-45-42-58(56-55-45)36-32-50(62)63;1-5-9-12-14-16-18-20-22-24-26-29-32-48(56)59-43-44(60-49(57)33-30-27-25-23-21-19-17-15-13-10-6-2)42-58-39-36-51-46(54)34-40-61-41-38-52(47(55)8-4)37-35-50-45(53)31-28-11-7-3;4-6-5-2-1-3(7)8/h42,46H,4-41,43-44H2,1-3H3,(H,53,59)(H,54,60)(H,62,63);3,44H,5-6,8-43H2,1-2,4H3,(H,50,53)(H,51,54);1-2H2,(H,7,8). The maximum Gasteiger partial charge on any atom is 0.306 e. The smallest absolute Gasteiger partial charge is 0.306 e. The van der Waals surface area contributed by atoms with Crippen molar-refractivity contribution in [2.24, 2.45) is 5.11 Å². The molecule has 32 nitrogen and oxygen atoms in total. The molecule has 0 spiro atoms. The summed E-state index contributed by atoms with van der Waals surface area (Å²) in [4.78, 5) is 151. The first-order valence-electron chi connectivity index (χ1n) is 53.5. The van der Waals surface area contributed by atoms with Crippen LogP contribution in [-0.2, 0) is 98.9 Å². The van der Waals surface area contributed by atoms with E-state index in [1.165, 1.54) is 210 Å². The van der Waals surface area contributed by atoms with Gasteiger partial charge in [-0.05, 0) is 50.5 Å². The highest BCUT2D eigenvalue weighted by Crippen LogP contribution is 2.20. The Labute approximate surface area is 839 Å². The van der Waals surface area contributed by atoms with Crippen LogP contribution in [0.4, 0.5) is 0 Å². The van der Waals surface area contributed by atoms with E-state index < -0.39 is 24.1 Å². The molecule has 6 amide bonds. The van der Waals surface area contributed by atoms with Crippen LogP contribution in [0.1, 0.15) is 426 Å². The zero-order valence-corrected chi connectivity index (χ0v) is 88.1. The Balaban J connectivity index is 0. The van der Waals surface area contributed by atoms with Crippen LogP contribution in [0.5, 0.6) is 0 Å². The molecule has 1 aromatic heterocycles. The summed E-state index contributed by atoms with van der Waals surface area (Å²) < 4.78 is 35.6. The van der Waals surface area contributed by atoms with Crippen LogP contribution in [0, 0.1) is 12.3 Å². The molecule has 0 saturated heterocycles. The minimum absolute atomic E-state index is 0.00678. The molecular weight excluding hydrogens is 1800 g/mol. The molecule has 0 radical (unpaired) electrons. The van der Waals surface area contributed by atoms with E-state index in [1.54, 1.807) is 46.4 Å². The van der Waals surface area contributed by atoms with Crippen molar-refractivity contribution >= 4 is 94.8 Å². The Hall–Kier alpha value is -7.73. The number of aliphatic carboxylic acids is 2. The van der Waals surface area contributed by atoms with Gasteiger partial charge >= 0.3 is 35.8 Å². The number of esters is 4. The molecule has 1 rings (SSSR count). The Morgan fingerprint density at radius 3 is 1.07 bits per heavy atom. The predicted molar refractivity (Wildman–Crippen MR) is 551 cm³/mol. The van der Waals surface area contributed by atoms with E-state index >= 15 is 0 Å². The fourth-order valence-corrected chi connectivity index (χ4v) is 16.5. The summed E-state index contributed by atoms with van der Waals surface area (Å²) in [6.07, 6.45) is 63.9. The van der Waals surface area contributed by atoms with Crippen LogP contribution in [-0.4, -0.2) is 240 Å². The number of nitrogens with one attached hydrogen (secondary N) is 4. The van der Waals surface area contributed by atoms with Crippen LogP contribution >= 0.6 is 23.5 Å². The fraction of sp³-hybridized carbons (Fsp3) is 0.846. The number of hydrogen-bond donors (Lipinski definition) is 6. The van der Waals surface area contributed by atoms with Gasteiger partial charge in [-0.25, -0.2) is 0 Å². The van der Waals surface area contributed by atoms with Crippen LogP contribution in [0.15, 0.2) is 11.3 Å². The number of aryl methyl sites for hydroxylation is 2. The van der Waals surface area contributed by atoms with Crippen LogP contribution in [0.3, 0.4) is 0 Å². The first kappa shape index (κ1) is 132. The molecule has 0 aliphatic rings. The monoisotopic (exact) mass is 1990 g/mol. The van der Waals surface area contributed by atoms with Crippen molar-refractivity contribution in [3.05, 3.63) is 22.3 Å². The van der Waals surface area contributed by atoms with Crippen molar-refractivity contribution in [1.29, 1.82) is 0 Å². The number of azide groups is 1. The molecule has 2 atom stereocenters. The number of ether oxygens (including phenoxy) is 6. The number of aromatic nitrogens is 3. The summed E-state index contributed by atoms with van der Waals surface area (Å²) in [5.74, 6) is 1.59. The number of carboxylic acids is 2. The van der Waals surface area contributed by atoms with Crippen molar-refractivity contribution < 1.29 is 96.2 Å². The van der Waals surface area contributed by atoms with Crippen LogP contribution < -0.4 is 21.3 Å². The summed E-state index contributed by atoms with van der Waals surface area (Å²) in [7, 11) is 0. The van der Waals surface area contributed by atoms with Gasteiger partial charge in [-0.1, -0.05) is 309 Å². The SMILES string of the molecule is C#CCCCC(=O)NCCN(CCSCCC(=O)NCCOCC(COC(=O)CCCCCCCCCCCCC)OC(=O)CCCCCCCCCCCCC)C(=O)CC.CCCCCCCCCCCCCC(=O)OCC(COCCNC(=O)CCSCCN(CCNC(=O)CCCc1cn(CCC(=O)O)nn1)C(=O)CC)OC(=O)CCCCCCCCCCCCC.[N-]=[N+]=NCCC(=O)O. The van der Waals surface area contributed by atoms with Gasteiger partial charge in [0.15, 0.2) is 12.2 Å². The van der Waals surface area contributed by atoms with Gasteiger partial charge in [-0.2, -0.15) is 23.5 Å². The quantitative estimate of drug-likeness (QED) is 0.00671. The number of carboxylic acid groups (broad SMARTS) is 2. The van der Waals surface area contributed by atoms with E-state index in [0.29, 0.717) is 164 Å². The van der Waals surface area contributed by atoms with Crippen molar-refractivity contribution in [2.75, 3.05) is 122 Å². The Morgan fingerprint density at radius 1 is 0.406 bits per heavy atom. The molecule has 0 aliphatic carbocycles. The second kappa shape index (κ2) is 102. The largest absolute Gasteiger partial charge is 0.481 e. The van der Waals surface area contributed by atoms with E-state index in [9.17, 15) is 57.5 Å². The molecule has 0 aliphatic heterocycles. The summed E-state index contributed by atoms with van der Waals surface area (Å²) in [5, 5.41) is 39.2. The normalized spacial score (nSPS) is 11.3. The van der Waals surface area contributed by atoms with E-state index in [2.05, 4.69) is 75.2 Å². The summed E-state index contributed by atoms with van der Waals surface area (Å²) >= 11 is 3.17. The molecule has 796 valence electrons. The van der Waals surface area contributed by atoms with Gasteiger partial charge < -0.3 is 69.7 Å². The molecule has 1 aromatic rings. The highest BCUT2D eigenvalue weighted by Gasteiger charge is 2.22. The first-order chi connectivity index (χ1) is 67.1. The van der Waals surface area contributed by atoms with Gasteiger partial charge in [-0.3, -0.25) is 62.2 Å². The summed E-state index contributed by atoms with van der Waals surface area (Å²) in [5.41, 5.74) is 8.34. The molecule has 34 heteroatoms. The fourth-order valence-electron chi connectivity index (χ4n) is 14.7. The van der Waals surface area contributed by atoms with Crippen LogP contribution in [0.25, 0.3) is 10.4 Å². The third kappa shape index (κ3) is 94.5. The third-order valence-electron chi connectivity index (χ3n) is 23.0. The number of nitrogens with zero attached hydrogens (tertiary/aromatic N) is 8. The van der Waals surface area contributed by atoms with E-state index in [-0.39, 0.29) is 131 Å². The van der Waals surface area contributed by atoms with Crippen molar-refractivity contribution in [2.45, 2.75) is 446 Å². The van der Waals surface area contributed by atoms with E-state index in [0.717, 1.165) is 77.0 Å². The molecule has 0 fully saturated rings. The number of hydrogen-bond acceptors (Lipinski definition) is 23. The van der Waals surface area contributed by atoms with Gasteiger partial charge in [0, 0.05) is 164 Å². The third-order valence-corrected chi connectivity index (χ3v) is 24.9. The average molecular weight is 1990 g/mol. The van der Waals surface area contributed by atoms with Gasteiger partial charge in [-0.15, -0.1) is 17.4 Å². The predicted octanol–water partition coefficient (Wildman–Crippen LogP) is 20.6. The molecule has 0 saturated carbocycles. The number of terminal acetylenes is 1. The average Bonchev–Trinajstić information content (AvgIpc) is 1.78. The van der Waals surface area contributed by atoms with Crippen molar-refractivity contribution in [3.8, 4) is 12.3 Å². The molecule has 0 aromatic carbocycles. The number of rotatable bonds is 97. The second-order valence-electron chi connectivity index (χ2n) is 35.6. The molecule has 0 bridgehead atoms. The number of carbonyl (C=O) groups is 12. The molecule has 1 heterocycles. The lowest BCUT2D eigenvalue weighted by atomic mass is 10.1. The van der Waals surface area contributed by atoms with Gasteiger partial charge in [0.2, 0.25) is 35.4 Å². The highest BCUT2D eigenvalue weighted by atomic mass is 32.2. The highest BCUT2D eigenvalue weighted by molar-refractivity contribution is 7.99. The number of amides is 6. The van der Waals surface area contributed by atoms with Gasteiger partial charge in [0.25, 0.3) is 0 Å². The second-order valence-corrected chi connectivity index (χ2v) is 38.1. The Kier molecular flexibility index (Phi) is 98.0. The lowest BCUT2D eigenvalue weighted by Gasteiger charge is -2.22. The first-order valence-corrected chi connectivity index (χ1v) is 55.8. The number of carbonyl (C=O) groups excluding carboxylic acids is 10. The summed E-state index contributed by atoms with van der Waals surface area (Å²) in [6.45, 7) is 16.5. The molecule has 2 unspecified atom stereocenters. The topological polar surface area (TPSA) is 435 Å². The Bertz CT molecular complexity index is 3290. The lowest BCUT2D eigenvalue weighted by molar-refractivity contribution is -0.163. The number of unbranched alkanes of at least 4 members (excludes halogenated alkanes) is 41. The maximum atomic E-state index is 12.8. The minimum Gasteiger partial charge on any atom is -0.481 e. The molecule has 6 N–H and O–H groups in total. The van der Waals surface area contributed by atoms with Crippen LogP contribution in [0.2, 0.25) is 0 Å². The minimum atomic E-state index is -0.947. The molecular formula is C104H188N12O20S2. The van der Waals surface area contributed by atoms with Gasteiger partial charge in [0.1, 0.15) is 13.2 Å². The van der Waals surface area contributed by atoms with Gasteiger partial charge in [0.05, 0.1) is 51.5 Å². The van der Waals surface area contributed by atoms with E-state index in [4.69, 9.17) is 50.6 Å². The summed E-state index contributed by atoms with van der Waals surface area (Å²) in [6, 6.07) is 0. The van der Waals surface area contributed by atoms with E-state index in [1.807, 2.05) is 6.92 Å². The number of thioether (sulfide) groups is 2. The Morgan fingerprint density at radius 2 is 0.732 bits per heavy atom.